The molecule has 2 heterocycles. The third-order valence-electron chi connectivity index (χ3n) is 5.02. The van der Waals surface area contributed by atoms with E-state index in [0.717, 1.165) is 11.6 Å². The van der Waals surface area contributed by atoms with Crippen LogP contribution in [0.25, 0.3) is 10.6 Å². The molecule has 10 heteroatoms. The zero-order chi connectivity index (χ0) is 22.0. The van der Waals surface area contributed by atoms with E-state index in [1.165, 1.54) is 46.0 Å². The number of carbonyl (C=O) groups excluding carboxylic acids is 1. The van der Waals surface area contributed by atoms with Gasteiger partial charge >= 0.3 is 0 Å². The summed E-state index contributed by atoms with van der Waals surface area (Å²) in [6.07, 6.45) is 0.0950. The van der Waals surface area contributed by atoms with Gasteiger partial charge in [0.15, 0.2) is 0 Å². The van der Waals surface area contributed by atoms with Crippen molar-refractivity contribution in [1.29, 1.82) is 0 Å². The van der Waals surface area contributed by atoms with Crippen LogP contribution in [0.15, 0.2) is 58.8 Å². The van der Waals surface area contributed by atoms with Gasteiger partial charge < -0.3 is 4.90 Å². The lowest BCUT2D eigenvalue weighted by atomic mass is 10.2. The summed E-state index contributed by atoms with van der Waals surface area (Å²) in [5.74, 6) is -1.27. The smallest absolute Gasteiger partial charge is 0.246 e. The van der Waals surface area contributed by atoms with Crippen molar-refractivity contribution in [2.45, 2.75) is 11.3 Å². The number of aromatic nitrogens is 1. The highest BCUT2D eigenvalue weighted by molar-refractivity contribution is 7.89. The summed E-state index contributed by atoms with van der Waals surface area (Å²) >= 11 is 1.37. The first kappa shape index (κ1) is 21.5. The largest absolute Gasteiger partial charge is 0.340 e. The van der Waals surface area contributed by atoms with E-state index in [4.69, 9.17) is 0 Å². The van der Waals surface area contributed by atoms with E-state index in [-0.39, 0.29) is 49.2 Å². The van der Waals surface area contributed by atoms with Crippen LogP contribution in [-0.4, -0.2) is 54.7 Å². The Morgan fingerprint density at radius 3 is 2.35 bits per heavy atom. The van der Waals surface area contributed by atoms with Crippen LogP contribution in [0.4, 0.5) is 8.78 Å². The molecular formula is C21H19F2N3O3S2. The molecule has 1 amide bonds. The second kappa shape index (κ2) is 8.81. The van der Waals surface area contributed by atoms with Gasteiger partial charge in [0.25, 0.3) is 0 Å². The van der Waals surface area contributed by atoms with E-state index >= 15 is 0 Å². The number of benzene rings is 2. The van der Waals surface area contributed by atoms with Crippen molar-refractivity contribution >= 4 is 27.3 Å². The molecular weight excluding hydrogens is 444 g/mol. The molecule has 4 rings (SSSR count). The minimum absolute atomic E-state index is 0.0950. The second-order valence-corrected chi connectivity index (χ2v) is 9.81. The molecule has 0 unspecified atom stereocenters. The molecule has 0 spiro atoms. The third-order valence-corrected chi connectivity index (χ3v) is 7.89. The molecule has 0 atom stereocenters. The number of amides is 1. The van der Waals surface area contributed by atoms with Gasteiger partial charge in [0.2, 0.25) is 15.9 Å². The maximum atomic E-state index is 13.9. The van der Waals surface area contributed by atoms with Gasteiger partial charge in [-0.15, -0.1) is 11.3 Å². The first-order valence-corrected chi connectivity index (χ1v) is 11.9. The van der Waals surface area contributed by atoms with Gasteiger partial charge in [0, 0.05) is 37.1 Å². The molecule has 31 heavy (non-hydrogen) atoms. The Balaban J connectivity index is 1.37. The van der Waals surface area contributed by atoms with Gasteiger partial charge in [-0.3, -0.25) is 4.79 Å². The predicted molar refractivity (Wildman–Crippen MR) is 113 cm³/mol. The number of nitrogens with zero attached hydrogens (tertiary/aromatic N) is 3. The number of rotatable bonds is 5. The van der Waals surface area contributed by atoms with Gasteiger partial charge in [0.05, 0.1) is 12.1 Å². The van der Waals surface area contributed by atoms with Crippen LogP contribution in [0.5, 0.6) is 0 Å². The van der Waals surface area contributed by atoms with Crippen LogP contribution in [0, 0.1) is 11.6 Å². The summed E-state index contributed by atoms with van der Waals surface area (Å²) < 4.78 is 53.6. The standard InChI is InChI=1S/C21H19F2N3O3S2/c22-16-7-5-15(6-8-16)21-24-17(14-30-21)13-20(27)25-9-11-26(12-10-25)31(28,29)19-4-2-1-3-18(19)23/h1-8,14H,9-13H2. The van der Waals surface area contributed by atoms with Gasteiger partial charge in [-0.25, -0.2) is 22.2 Å². The van der Waals surface area contributed by atoms with Crippen molar-refractivity contribution in [3.8, 4) is 10.6 Å². The fraction of sp³-hybridized carbons (Fsp3) is 0.238. The Hall–Kier alpha value is -2.69. The van der Waals surface area contributed by atoms with Crippen molar-refractivity contribution in [3.05, 3.63) is 71.2 Å². The van der Waals surface area contributed by atoms with Gasteiger partial charge in [0.1, 0.15) is 21.5 Å². The van der Waals surface area contributed by atoms with Crippen LogP contribution < -0.4 is 0 Å². The highest BCUT2D eigenvalue weighted by atomic mass is 32.2. The van der Waals surface area contributed by atoms with Gasteiger partial charge in [-0.1, -0.05) is 12.1 Å². The molecule has 0 N–H and O–H groups in total. The molecule has 0 bridgehead atoms. The van der Waals surface area contributed by atoms with E-state index in [0.29, 0.717) is 10.7 Å². The lowest BCUT2D eigenvalue weighted by Crippen LogP contribution is -2.51. The third kappa shape index (κ3) is 4.65. The van der Waals surface area contributed by atoms with Crippen LogP contribution >= 0.6 is 11.3 Å². The quantitative estimate of drug-likeness (QED) is 0.583. The van der Waals surface area contributed by atoms with E-state index in [2.05, 4.69) is 4.98 Å². The highest BCUT2D eigenvalue weighted by Crippen LogP contribution is 2.25. The monoisotopic (exact) mass is 463 g/mol. The van der Waals surface area contributed by atoms with E-state index in [9.17, 15) is 22.0 Å². The lowest BCUT2D eigenvalue weighted by Gasteiger charge is -2.34. The highest BCUT2D eigenvalue weighted by Gasteiger charge is 2.31. The summed E-state index contributed by atoms with van der Waals surface area (Å²) in [7, 11) is -3.95. The van der Waals surface area contributed by atoms with Crippen LogP contribution in [0.2, 0.25) is 0 Å². The Labute approximate surface area is 182 Å². The minimum atomic E-state index is -3.95. The van der Waals surface area contributed by atoms with Crippen molar-refractivity contribution in [1.82, 2.24) is 14.2 Å². The average Bonchev–Trinajstić information content (AvgIpc) is 3.23. The zero-order valence-corrected chi connectivity index (χ0v) is 18.0. The number of carbonyl (C=O) groups is 1. The first-order valence-electron chi connectivity index (χ1n) is 9.57. The van der Waals surface area contributed by atoms with Crippen LogP contribution in [0.3, 0.4) is 0 Å². The average molecular weight is 464 g/mol. The SMILES string of the molecule is O=C(Cc1csc(-c2ccc(F)cc2)n1)N1CCN(S(=O)(=O)c2ccccc2F)CC1. The Kier molecular flexibility index (Phi) is 6.12. The summed E-state index contributed by atoms with van der Waals surface area (Å²) in [6, 6.07) is 11.2. The Morgan fingerprint density at radius 2 is 1.68 bits per heavy atom. The molecule has 0 saturated carbocycles. The molecule has 1 saturated heterocycles. The Morgan fingerprint density at radius 1 is 1.00 bits per heavy atom. The van der Waals surface area contributed by atoms with Crippen molar-refractivity contribution in [2.75, 3.05) is 26.2 Å². The predicted octanol–water partition coefficient (Wildman–Crippen LogP) is 3.16. The van der Waals surface area contributed by atoms with Crippen LogP contribution in [-0.2, 0) is 21.2 Å². The van der Waals surface area contributed by atoms with Crippen molar-refractivity contribution in [3.63, 3.8) is 0 Å². The molecule has 6 nitrogen and oxygen atoms in total. The summed E-state index contributed by atoms with van der Waals surface area (Å²) in [6.45, 7) is 0.642. The maximum Gasteiger partial charge on any atom is 0.246 e. The lowest BCUT2D eigenvalue weighted by molar-refractivity contribution is -0.131. The molecule has 1 fully saturated rings. The fourth-order valence-corrected chi connectivity index (χ4v) is 5.66. The summed E-state index contributed by atoms with van der Waals surface area (Å²) in [4.78, 5) is 18.3. The number of sulfonamides is 1. The summed E-state index contributed by atoms with van der Waals surface area (Å²) in [5.41, 5.74) is 1.38. The van der Waals surface area contributed by atoms with Crippen LogP contribution in [0.1, 0.15) is 5.69 Å². The van der Waals surface area contributed by atoms with Gasteiger partial charge in [-0.05, 0) is 36.4 Å². The number of hydrogen-bond acceptors (Lipinski definition) is 5. The van der Waals surface area contributed by atoms with E-state index in [1.54, 1.807) is 22.4 Å². The Bertz CT molecular complexity index is 1190. The molecule has 1 aromatic heterocycles. The molecule has 0 aliphatic carbocycles. The van der Waals surface area contributed by atoms with E-state index in [1.807, 2.05) is 0 Å². The minimum Gasteiger partial charge on any atom is -0.340 e. The number of thiazole rings is 1. The number of halogens is 2. The van der Waals surface area contributed by atoms with E-state index < -0.39 is 15.8 Å². The maximum absolute atomic E-state index is 13.9. The normalized spacial score (nSPS) is 15.2. The molecule has 2 aromatic carbocycles. The molecule has 1 aliphatic heterocycles. The summed E-state index contributed by atoms with van der Waals surface area (Å²) in [5, 5.41) is 2.48. The zero-order valence-electron chi connectivity index (χ0n) is 16.4. The fourth-order valence-electron chi connectivity index (χ4n) is 3.35. The topological polar surface area (TPSA) is 70.6 Å². The second-order valence-electron chi connectivity index (χ2n) is 7.04. The number of piperazine rings is 1. The molecule has 0 radical (unpaired) electrons. The van der Waals surface area contributed by atoms with Crippen molar-refractivity contribution < 1.29 is 22.0 Å². The molecule has 162 valence electrons. The first-order chi connectivity index (χ1) is 14.8. The molecule has 3 aromatic rings. The number of hydrogen-bond donors (Lipinski definition) is 0. The molecule has 1 aliphatic rings. The van der Waals surface area contributed by atoms with Gasteiger partial charge in [-0.2, -0.15) is 4.31 Å². The van der Waals surface area contributed by atoms with Crippen molar-refractivity contribution in [2.24, 2.45) is 0 Å².